The standard InChI is InChI=1S/C18H21N5O6S/c1-12-10-16(24)17(20-22(12)14-7-3-4-8-15(14)23(26)27)18(25)19-13-6-5-9-21(11-13)30(2,28)29/h3-4,7-8,10,13H,5-6,9,11H2,1-2H3,(H,19,25). The first-order valence-corrected chi connectivity index (χ1v) is 11.0. The summed E-state index contributed by atoms with van der Waals surface area (Å²) in [5.74, 6) is -0.757. The molecule has 1 amide bonds. The van der Waals surface area contributed by atoms with E-state index in [2.05, 4.69) is 10.4 Å². The molecule has 12 heteroatoms. The molecule has 1 fully saturated rings. The van der Waals surface area contributed by atoms with Gasteiger partial charge in [0.15, 0.2) is 5.69 Å². The van der Waals surface area contributed by atoms with Gasteiger partial charge >= 0.3 is 0 Å². The zero-order valence-corrected chi connectivity index (χ0v) is 17.3. The van der Waals surface area contributed by atoms with Gasteiger partial charge in [-0.15, -0.1) is 0 Å². The Morgan fingerprint density at radius 2 is 2.03 bits per heavy atom. The van der Waals surface area contributed by atoms with Gasteiger partial charge in [0.25, 0.3) is 11.6 Å². The van der Waals surface area contributed by atoms with E-state index in [0.717, 1.165) is 6.26 Å². The molecule has 11 nitrogen and oxygen atoms in total. The lowest BCUT2D eigenvalue weighted by atomic mass is 10.1. The van der Waals surface area contributed by atoms with E-state index < -0.39 is 38.0 Å². The Bertz CT molecular complexity index is 1160. The Kier molecular flexibility index (Phi) is 5.99. The predicted molar refractivity (Wildman–Crippen MR) is 108 cm³/mol. The van der Waals surface area contributed by atoms with Crippen molar-refractivity contribution in [3.05, 3.63) is 62.1 Å². The molecule has 1 unspecified atom stereocenters. The van der Waals surface area contributed by atoms with Crippen molar-refractivity contribution in [1.29, 1.82) is 0 Å². The van der Waals surface area contributed by atoms with Crippen molar-refractivity contribution in [3.63, 3.8) is 0 Å². The number of nitro groups is 1. The second-order valence-corrected chi connectivity index (χ2v) is 9.07. The van der Waals surface area contributed by atoms with Crippen LogP contribution >= 0.6 is 0 Å². The van der Waals surface area contributed by atoms with Crippen molar-refractivity contribution in [2.75, 3.05) is 19.3 Å². The molecule has 2 heterocycles. The fourth-order valence-electron chi connectivity index (χ4n) is 3.36. The maximum absolute atomic E-state index is 12.7. The van der Waals surface area contributed by atoms with Crippen LogP contribution in [0, 0.1) is 17.0 Å². The van der Waals surface area contributed by atoms with Gasteiger partial charge in [-0.3, -0.25) is 19.7 Å². The molecule has 1 aliphatic heterocycles. The molecular weight excluding hydrogens is 414 g/mol. The normalized spacial score (nSPS) is 17.5. The molecule has 1 aromatic carbocycles. The highest BCUT2D eigenvalue weighted by Crippen LogP contribution is 2.22. The highest BCUT2D eigenvalue weighted by Gasteiger charge is 2.28. The van der Waals surface area contributed by atoms with E-state index in [0.29, 0.717) is 25.1 Å². The number of nitrogens with one attached hydrogen (secondary N) is 1. The second kappa shape index (κ2) is 8.32. The largest absolute Gasteiger partial charge is 0.346 e. The lowest BCUT2D eigenvalue weighted by Gasteiger charge is -2.31. The smallest absolute Gasteiger partial charge is 0.294 e. The van der Waals surface area contributed by atoms with Crippen LogP contribution in [0.1, 0.15) is 29.0 Å². The summed E-state index contributed by atoms with van der Waals surface area (Å²) in [4.78, 5) is 35.9. The highest BCUT2D eigenvalue weighted by molar-refractivity contribution is 7.88. The van der Waals surface area contributed by atoms with Crippen molar-refractivity contribution in [1.82, 2.24) is 19.4 Å². The molecule has 2 aromatic rings. The van der Waals surface area contributed by atoms with Gasteiger partial charge in [0.05, 0.1) is 11.2 Å². The van der Waals surface area contributed by atoms with Gasteiger partial charge in [-0.1, -0.05) is 12.1 Å². The Morgan fingerprint density at radius 1 is 1.33 bits per heavy atom. The third-order valence-electron chi connectivity index (χ3n) is 4.82. The van der Waals surface area contributed by atoms with E-state index in [9.17, 15) is 28.1 Å². The third kappa shape index (κ3) is 4.54. The number of nitrogens with zero attached hydrogens (tertiary/aromatic N) is 4. The number of nitro benzene ring substituents is 1. The minimum Gasteiger partial charge on any atom is -0.346 e. The average Bonchev–Trinajstić information content (AvgIpc) is 2.67. The van der Waals surface area contributed by atoms with E-state index in [1.807, 2.05) is 0 Å². The summed E-state index contributed by atoms with van der Waals surface area (Å²) < 4.78 is 26.0. The van der Waals surface area contributed by atoms with Crippen LogP contribution in [0.5, 0.6) is 0 Å². The van der Waals surface area contributed by atoms with Crippen molar-refractivity contribution in [2.45, 2.75) is 25.8 Å². The summed E-state index contributed by atoms with van der Waals surface area (Å²) in [6, 6.07) is 6.57. The van der Waals surface area contributed by atoms with Crippen molar-refractivity contribution in [3.8, 4) is 5.69 Å². The molecule has 0 bridgehead atoms. The summed E-state index contributed by atoms with van der Waals surface area (Å²) in [6.45, 7) is 2.03. The minimum absolute atomic E-state index is 0.106. The van der Waals surface area contributed by atoms with Gasteiger partial charge in [0.2, 0.25) is 15.5 Å². The SMILES string of the molecule is Cc1cc(=O)c(C(=O)NC2CCCN(S(C)(=O)=O)C2)nn1-c1ccccc1[N+](=O)[O-]. The number of carbonyl (C=O) groups excluding carboxylic acids is 1. The molecule has 3 rings (SSSR count). The number of hydrogen-bond acceptors (Lipinski definition) is 7. The van der Waals surface area contributed by atoms with E-state index in [4.69, 9.17) is 0 Å². The van der Waals surface area contributed by atoms with Gasteiger partial charge in [-0.25, -0.2) is 17.4 Å². The fraction of sp³-hybridized carbons (Fsp3) is 0.389. The first-order chi connectivity index (χ1) is 14.1. The first-order valence-electron chi connectivity index (χ1n) is 9.18. The van der Waals surface area contributed by atoms with Crippen molar-refractivity contribution < 1.29 is 18.1 Å². The molecular formula is C18H21N5O6S. The molecule has 1 N–H and O–H groups in total. The van der Waals surface area contributed by atoms with Crippen LogP contribution in [0.2, 0.25) is 0 Å². The lowest BCUT2D eigenvalue weighted by molar-refractivity contribution is -0.384. The summed E-state index contributed by atoms with van der Waals surface area (Å²) in [5.41, 5.74) is -0.827. The number of piperidine rings is 1. The number of sulfonamides is 1. The van der Waals surface area contributed by atoms with Gasteiger partial charge in [0.1, 0.15) is 5.69 Å². The van der Waals surface area contributed by atoms with E-state index in [1.54, 1.807) is 13.0 Å². The molecule has 0 radical (unpaired) electrons. The molecule has 0 saturated carbocycles. The average molecular weight is 435 g/mol. The molecule has 1 atom stereocenters. The first kappa shape index (κ1) is 21.6. The number of benzene rings is 1. The maximum Gasteiger partial charge on any atom is 0.294 e. The zero-order chi connectivity index (χ0) is 22.1. The van der Waals surface area contributed by atoms with E-state index in [-0.39, 0.29) is 17.9 Å². The number of aryl methyl sites for hydroxylation is 1. The predicted octanol–water partition coefficient (Wildman–Crippen LogP) is 0.603. The van der Waals surface area contributed by atoms with Crippen LogP contribution in [-0.4, -0.2) is 58.7 Å². The summed E-state index contributed by atoms with van der Waals surface area (Å²) in [5, 5.41) is 18.1. The van der Waals surface area contributed by atoms with Gasteiger partial charge in [-0.2, -0.15) is 5.10 Å². The number of rotatable bonds is 5. The lowest BCUT2D eigenvalue weighted by Crippen LogP contribution is -2.50. The Morgan fingerprint density at radius 3 is 2.70 bits per heavy atom. The Hall–Kier alpha value is -3.12. The molecule has 1 saturated heterocycles. The number of hydrogen-bond donors (Lipinski definition) is 1. The van der Waals surface area contributed by atoms with Crippen LogP contribution in [0.25, 0.3) is 5.69 Å². The van der Waals surface area contributed by atoms with Crippen LogP contribution < -0.4 is 10.7 Å². The van der Waals surface area contributed by atoms with Crippen molar-refractivity contribution in [2.24, 2.45) is 0 Å². The summed E-state index contributed by atoms with van der Waals surface area (Å²) in [6.07, 6.45) is 2.23. The van der Waals surface area contributed by atoms with Crippen LogP contribution in [0.4, 0.5) is 5.69 Å². The van der Waals surface area contributed by atoms with Gasteiger partial charge in [0, 0.05) is 37.0 Å². The van der Waals surface area contributed by atoms with E-state index >= 15 is 0 Å². The summed E-state index contributed by atoms with van der Waals surface area (Å²) >= 11 is 0. The number of aromatic nitrogens is 2. The maximum atomic E-state index is 12.7. The Labute approximate surface area is 172 Å². The number of carbonyl (C=O) groups is 1. The number of amides is 1. The fourth-order valence-corrected chi connectivity index (χ4v) is 4.27. The summed E-state index contributed by atoms with van der Waals surface area (Å²) in [7, 11) is -3.39. The molecule has 0 spiro atoms. The molecule has 160 valence electrons. The molecule has 30 heavy (non-hydrogen) atoms. The highest BCUT2D eigenvalue weighted by atomic mass is 32.2. The monoisotopic (exact) mass is 435 g/mol. The van der Waals surface area contributed by atoms with Crippen LogP contribution in [0.3, 0.4) is 0 Å². The molecule has 1 aromatic heterocycles. The van der Waals surface area contributed by atoms with Gasteiger partial charge < -0.3 is 5.32 Å². The topological polar surface area (TPSA) is 145 Å². The quantitative estimate of drug-likeness (QED) is 0.535. The minimum atomic E-state index is -3.39. The van der Waals surface area contributed by atoms with E-state index in [1.165, 1.54) is 33.3 Å². The third-order valence-corrected chi connectivity index (χ3v) is 6.09. The molecule has 1 aliphatic rings. The zero-order valence-electron chi connectivity index (χ0n) is 16.4. The van der Waals surface area contributed by atoms with Gasteiger partial charge in [-0.05, 0) is 25.8 Å². The van der Waals surface area contributed by atoms with Crippen LogP contribution in [0.15, 0.2) is 35.1 Å². The molecule has 0 aliphatic carbocycles. The number of para-hydroxylation sites is 2. The second-order valence-electron chi connectivity index (χ2n) is 7.09. The Balaban J connectivity index is 1.92. The van der Waals surface area contributed by atoms with Crippen molar-refractivity contribution >= 4 is 21.6 Å². The van der Waals surface area contributed by atoms with Crippen LogP contribution in [-0.2, 0) is 10.0 Å².